The van der Waals surface area contributed by atoms with Crippen molar-refractivity contribution in [3.63, 3.8) is 0 Å². The highest BCUT2D eigenvalue weighted by Gasteiger charge is 2.38. The minimum atomic E-state index is -0.203. The fourth-order valence-corrected chi connectivity index (χ4v) is 5.80. The molecule has 0 radical (unpaired) electrons. The van der Waals surface area contributed by atoms with Gasteiger partial charge in [-0.3, -0.25) is 9.69 Å². The molecule has 3 aromatic rings. The van der Waals surface area contributed by atoms with Crippen LogP contribution in [-0.4, -0.2) is 41.4 Å². The lowest BCUT2D eigenvalue weighted by atomic mass is 9.86. The van der Waals surface area contributed by atoms with Gasteiger partial charge in [0.2, 0.25) is 0 Å². The van der Waals surface area contributed by atoms with E-state index in [0.29, 0.717) is 6.54 Å². The van der Waals surface area contributed by atoms with Gasteiger partial charge in [0.15, 0.2) is 0 Å². The van der Waals surface area contributed by atoms with Crippen molar-refractivity contribution in [2.24, 2.45) is 5.92 Å². The number of benzene rings is 2. The van der Waals surface area contributed by atoms with Crippen LogP contribution in [-0.2, 0) is 6.54 Å². The van der Waals surface area contributed by atoms with Gasteiger partial charge in [0.25, 0.3) is 5.91 Å². The van der Waals surface area contributed by atoms with Crippen molar-refractivity contribution in [3.8, 4) is 0 Å². The van der Waals surface area contributed by atoms with Crippen LogP contribution in [0.3, 0.4) is 0 Å². The third-order valence-corrected chi connectivity index (χ3v) is 7.48. The highest BCUT2D eigenvalue weighted by atomic mass is 19.1. The minimum absolute atomic E-state index is 0.120. The molecule has 2 aromatic carbocycles. The molecule has 5 rings (SSSR count). The number of hydrogen-bond donors (Lipinski definition) is 0. The van der Waals surface area contributed by atoms with Gasteiger partial charge in [-0.2, -0.15) is 0 Å². The molecule has 0 unspecified atom stereocenters. The number of nitrogens with zero attached hydrogens (tertiary/aromatic N) is 2. The predicted molar refractivity (Wildman–Crippen MR) is 131 cm³/mol. The molecule has 5 heteroatoms. The second-order valence-corrected chi connectivity index (χ2v) is 9.81. The molecule has 178 valence electrons. The van der Waals surface area contributed by atoms with Crippen LogP contribution in [0.2, 0.25) is 0 Å². The molecule has 1 aliphatic carbocycles. The third kappa shape index (κ3) is 5.25. The Kier molecular flexibility index (Phi) is 7.10. The first-order valence-corrected chi connectivity index (χ1v) is 12.5. The first kappa shape index (κ1) is 22.9. The van der Waals surface area contributed by atoms with E-state index in [0.717, 1.165) is 49.4 Å². The normalized spacial score (nSPS) is 21.6. The lowest BCUT2D eigenvalue weighted by molar-refractivity contribution is 0.0587. The molecule has 1 saturated heterocycles. The van der Waals surface area contributed by atoms with Crippen molar-refractivity contribution in [2.45, 2.75) is 50.6 Å². The zero-order valence-electron chi connectivity index (χ0n) is 19.6. The summed E-state index contributed by atoms with van der Waals surface area (Å²) in [4.78, 5) is 18.2. The fourth-order valence-electron chi connectivity index (χ4n) is 5.80. The quantitative estimate of drug-likeness (QED) is 0.427. The summed E-state index contributed by atoms with van der Waals surface area (Å²) in [5.41, 5.74) is 1.77. The zero-order valence-corrected chi connectivity index (χ0v) is 19.6. The maximum absolute atomic E-state index is 14.2. The number of furan rings is 1. The Bertz CT molecular complexity index is 1060. The van der Waals surface area contributed by atoms with Crippen LogP contribution in [0, 0.1) is 11.7 Å². The maximum atomic E-state index is 14.2. The van der Waals surface area contributed by atoms with E-state index in [9.17, 15) is 9.18 Å². The van der Waals surface area contributed by atoms with Gasteiger partial charge >= 0.3 is 0 Å². The zero-order chi connectivity index (χ0) is 23.3. The second-order valence-electron chi connectivity index (χ2n) is 9.81. The molecule has 2 aliphatic rings. The molecule has 1 aromatic heterocycles. The Labute approximate surface area is 201 Å². The Morgan fingerprint density at radius 1 is 0.971 bits per heavy atom. The van der Waals surface area contributed by atoms with Crippen LogP contribution in [0.5, 0.6) is 0 Å². The summed E-state index contributed by atoms with van der Waals surface area (Å²) in [7, 11) is 0. The number of rotatable bonds is 7. The summed E-state index contributed by atoms with van der Waals surface area (Å²) in [5, 5.41) is 0. The van der Waals surface area contributed by atoms with Gasteiger partial charge in [-0.1, -0.05) is 49.6 Å². The van der Waals surface area contributed by atoms with Gasteiger partial charge in [-0.05, 0) is 60.7 Å². The van der Waals surface area contributed by atoms with Crippen LogP contribution in [0.4, 0.5) is 4.39 Å². The summed E-state index contributed by atoms with van der Waals surface area (Å²) in [5.74, 6) is 1.25. The summed E-state index contributed by atoms with van der Waals surface area (Å²) < 4.78 is 19.8. The SMILES string of the molecule is O=C(c1ccccc1)N(C[C@H]1CN(Cc2ccco2)C[C@@H]1c1cccc(F)c1)C1CCCCC1. The summed E-state index contributed by atoms with van der Waals surface area (Å²) in [6.45, 7) is 3.10. The average Bonchev–Trinajstić information content (AvgIpc) is 3.53. The van der Waals surface area contributed by atoms with E-state index in [1.54, 1.807) is 18.4 Å². The van der Waals surface area contributed by atoms with Crippen molar-refractivity contribution in [3.05, 3.63) is 95.7 Å². The van der Waals surface area contributed by atoms with Crippen LogP contribution in [0.1, 0.15) is 59.7 Å². The molecule has 2 fully saturated rings. The van der Waals surface area contributed by atoms with Crippen LogP contribution in [0.25, 0.3) is 0 Å². The number of halogens is 1. The standard InChI is InChI=1S/C29H33FN2O2/c30-25-12-7-11-23(17-25)28-21-31(20-27-15-8-16-34-27)18-24(28)19-32(26-13-5-2-6-14-26)29(33)22-9-3-1-4-10-22/h1,3-4,7-12,15-17,24,26,28H,2,5-6,13-14,18-21H2/t24-,28-/m1/s1. The number of amides is 1. The highest BCUT2D eigenvalue weighted by molar-refractivity contribution is 5.94. The van der Waals surface area contributed by atoms with E-state index in [-0.39, 0.29) is 29.6 Å². The molecule has 2 atom stereocenters. The molecule has 4 nitrogen and oxygen atoms in total. The molecule has 0 spiro atoms. The number of hydrogen-bond acceptors (Lipinski definition) is 3. The molecule has 0 bridgehead atoms. The molecule has 34 heavy (non-hydrogen) atoms. The second kappa shape index (κ2) is 10.6. The van der Waals surface area contributed by atoms with Crippen LogP contribution >= 0.6 is 0 Å². The van der Waals surface area contributed by atoms with E-state index in [4.69, 9.17) is 4.42 Å². The van der Waals surface area contributed by atoms with E-state index in [1.807, 2.05) is 48.5 Å². The number of carbonyl (C=O) groups is 1. The number of likely N-dealkylation sites (tertiary alicyclic amines) is 1. The first-order chi connectivity index (χ1) is 16.7. The summed E-state index contributed by atoms with van der Waals surface area (Å²) in [6.07, 6.45) is 7.42. The van der Waals surface area contributed by atoms with E-state index < -0.39 is 0 Å². The first-order valence-electron chi connectivity index (χ1n) is 12.5. The monoisotopic (exact) mass is 460 g/mol. The lowest BCUT2D eigenvalue weighted by Gasteiger charge is -2.37. The van der Waals surface area contributed by atoms with Gasteiger partial charge in [-0.25, -0.2) is 4.39 Å². The average molecular weight is 461 g/mol. The van der Waals surface area contributed by atoms with Crippen molar-refractivity contribution in [2.75, 3.05) is 19.6 Å². The topological polar surface area (TPSA) is 36.7 Å². The molecule has 1 aliphatic heterocycles. The van der Waals surface area contributed by atoms with Crippen LogP contribution < -0.4 is 0 Å². The van der Waals surface area contributed by atoms with E-state index >= 15 is 0 Å². The molecule has 1 amide bonds. The van der Waals surface area contributed by atoms with Gasteiger partial charge in [0.1, 0.15) is 11.6 Å². The third-order valence-electron chi connectivity index (χ3n) is 7.48. The minimum Gasteiger partial charge on any atom is -0.468 e. The van der Waals surface area contributed by atoms with Gasteiger partial charge in [-0.15, -0.1) is 0 Å². The Hall–Kier alpha value is -2.92. The van der Waals surface area contributed by atoms with Crippen molar-refractivity contribution < 1.29 is 13.6 Å². The Morgan fingerprint density at radius 2 is 1.79 bits per heavy atom. The maximum Gasteiger partial charge on any atom is 0.254 e. The largest absolute Gasteiger partial charge is 0.468 e. The molecular formula is C29H33FN2O2. The Morgan fingerprint density at radius 3 is 2.53 bits per heavy atom. The number of carbonyl (C=O) groups excluding carboxylic acids is 1. The van der Waals surface area contributed by atoms with E-state index in [2.05, 4.69) is 9.80 Å². The summed E-state index contributed by atoms with van der Waals surface area (Å²) in [6, 6.07) is 20.8. The summed E-state index contributed by atoms with van der Waals surface area (Å²) >= 11 is 0. The van der Waals surface area contributed by atoms with Gasteiger partial charge < -0.3 is 9.32 Å². The smallest absolute Gasteiger partial charge is 0.254 e. The van der Waals surface area contributed by atoms with Crippen molar-refractivity contribution in [1.29, 1.82) is 0 Å². The predicted octanol–water partition coefficient (Wildman–Crippen LogP) is 6.11. The molecule has 2 heterocycles. The van der Waals surface area contributed by atoms with E-state index in [1.165, 1.54) is 25.3 Å². The van der Waals surface area contributed by atoms with Gasteiger partial charge in [0.05, 0.1) is 12.8 Å². The highest BCUT2D eigenvalue weighted by Crippen LogP contribution is 2.36. The fraction of sp³-hybridized carbons (Fsp3) is 0.414. The Balaban J connectivity index is 1.42. The van der Waals surface area contributed by atoms with Crippen molar-refractivity contribution >= 4 is 5.91 Å². The molecular weight excluding hydrogens is 427 g/mol. The van der Waals surface area contributed by atoms with Crippen LogP contribution in [0.15, 0.2) is 77.4 Å². The van der Waals surface area contributed by atoms with Gasteiger partial charge in [0, 0.05) is 37.2 Å². The van der Waals surface area contributed by atoms with Crippen molar-refractivity contribution in [1.82, 2.24) is 9.80 Å². The molecule has 1 saturated carbocycles. The lowest BCUT2D eigenvalue weighted by Crippen LogP contribution is -2.45. The molecule has 0 N–H and O–H groups in total.